The molecule has 0 aliphatic rings. The lowest BCUT2D eigenvalue weighted by Crippen LogP contribution is -2.26. The van der Waals surface area contributed by atoms with E-state index in [1.165, 1.54) is 0 Å². The molecule has 4 heteroatoms. The molecular formula is C5H10O4. The Morgan fingerprint density at radius 1 is 1.33 bits per heavy atom. The van der Waals surface area contributed by atoms with Gasteiger partial charge >= 0.3 is 0 Å². The molecule has 4 nitrogen and oxygen atoms in total. The summed E-state index contributed by atoms with van der Waals surface area (Å²) in [4.78, 5) is 9.65. The Balaban J connectivity index is 3.17. The minimum absolute atomic E-state index is 0.189. The summed E-state index contributed by atoms with van der Waals surface area (Å²) in [7, 11) is 0. The van der Waals surface area contributed by atoms with Crippen LogP contribution in [0.25, 0.3) is 0 Å². The van der Waals surface area contributed by atoms with E-state index in [0.29, 0.717) is 6.29 Å². The number of aldehydes is 1. The summed E-state index contributed by atoms with van der Waals surface area (Å²) < 4.78 is 0. The van der Waals surface area contributed by atoms with Crippen LogP contribution in [0.5, 0.6) is 0 Å². The van der Waals surface area contributed by atoms with Gasteiger partial charge in [0.05, 0.1) is 0 Å². The van der Waals surface area contributed by atoms with Gasteiger partial charge in [-0.05, 0) is 6.42 Å². The van der Waals surface area contributed by atoms with Gasteiger partial charge in [-0.2, -0.15) is 0 Å². The van der Waals surface area contributed by atoms with Crippen molar-refractivity contribution in [2.45, 2.75) is 25.2 Å². The summed E-state index contributed by atoms with van der Waals surface area (Å²) in [5.41, 5.74) is 0. The maximum atomic E-state index is 9.65. The molecule has 0 saturated carbocycles. The first kappa shape index (κ1) is 8.55. The molecule has 0 radical (unpaired) electrons. The van der Waals surface area contributed by atoms with E-state index < -0.39 is 5.97 Å². The highest BCUT2D eigenvalue weighted by atomic mass is 16.7. The van der Waals surface area contributed by atoms with Crippen molar-refractivity contribution in [3.8, 4) is 0 Å². The van der Waals surface area contributed by atoms with Crippen molar-refractivity contribution >= 4 is 6.29 Å². The average Bonchev–Trinajstić information content (AvgIpc) is 1.63. The maximum absolute atomic E-state index is 9.65. The Hall–Kier alpha value is -0.450. The van der Waals surface area contributed by atoms with Crippen LogP contribution in [0.4, 0.5) is 0 Å². The number of hydrogen-bond acceptors (Lipinski definition) is 4. The van der Waals surface area contributed by atoms with Gasteiger partial charge in [-0.3, -0.25) is 0 Å². The third kappa shape index (κ3) is 7.55. The minimum atomic E-state index is -2.61. The highest BCUT2D eigenvalue weighted by molar-refractivity contribution is 5.48. The van der Waals surface area contributed by atoms with Crippen molar-refractivity contribution in [2.75, 3.05) is 0 Å². The van der Waals surface area contributed by atoms with E-state index >= 15 is 0 Å². The first-order valence-electron chi connectivity index (χ1n) is 2.67. The lowest BCUT2D eigenvalue weighted by atomic mass is 10.2. The number of unbranched alkanes of at least 4 members (excludes halogenated alkanes) is 1. The van der Waals surface area contributed by atoms with Crippen molar-refractivity contribution in [3.63, 3.8) is 0 Å². The van der Waals surface area contributed by atoms with Gasteiger partial charge in [-0.15, -0.1) is 0 Å². The largest absolute Gasteiger partial charge is 0.344 e. The van der Waals surface area contributed by atoms with Crippen molar-refractivity contribution in [1.29, 1.82) is 0 Å². The van der Waals surface area contributed by atoms with E-state index in [1.807, 2.05) is 0 Å². The van der Waals surface area contributed by atoms with Crippen LogP contribution in [0, 0.1) is 0 Å². The lowest BCUT2D eigenvalue weighted by Gasteiger charge is -2.11. The summed E-state index contributed by atoms with van der Waals surface area (Å²) in [6.45, 7) is 0. The molecule has 0 heterocycles. The molecule has 3 N–H and O–H groups in total. The Labute approximate surface area is 52.7 Å². The van der Waals surface area contributed by atoms with Crippen LogP contribution in [0.1, 0.15) is 19.3 Å². The molecular weight excluding hydrogens is 124 g/mol. The normalized spacial score (nSPS) is 11.4. The highest BCUT2D eigenvalue weighted by Crippen LogP contribution is 2.04. The predicted octanol–water partition coefficient (Wildman–Crippen LogP) is -1.01. The Morgan fingerprint density at radius 2 is 1.89 bits per heavy atom. The second-order valence-electron chi connectivity index (χ2n) is 1.83. The zero-order valence-corrected chi connectivity index (χ0v) is 4.95. The summed E-state index contributed by atoms with van der Waals surface area (Å²) in [5.74, 6) is -2.61. The van der Waals surface area contributed by atoms with Crippen LogP contribution in [0.2, 0.25) is 0 Å². The number of rotatable bonds is 4. The molecule has 0 amide bonds. The van der Waals surface area contributed by atoms with Crippen LogP contribution in [-0.4, -0.2) is 27.6 Å². The summed E-state index contributed by atoms with van der Waals surface area (Å²) in [6, 6.07) is 0. The fourth-order valence-electron chi connectivity index (χ4n) is 0.423. The van der Waals surface area contributed by atoms with Crippen LogP contribution in [0.3, 0.4) is 0 Å². The van der Waals surface area contributed by atoms with Crippen molar-refractivity contribution in [2.24, 2.45) is 0 Å². The van der Waals surface area contributed by atoms with Gasteiger partial charge < -0.3 is 20.1 Å². The maximum Gasteiger partial charge on any atom is 0.275 e. The van der Waals surface area contributed by atoms with Gasteiger partial charge in [0, 0.05) is 12.8 Å². The number of carbonyl (C=O) groups is 1. The van der Waals surface area contributed by atoms with Gasteiger partial charge in [-0.25, -0.2) is 0 Å². The van der Waals surface area contributed by atoms with E-state index in [4.69, 9.17) is 15.3 Å². The Kier molecular flexibility index (Phi) is 3.37. The third-order valence-corrected chi connectivity index (χ3v) is 0.834. The molecule has 9 heavy (non-hydrogen) atoms. The first-order chi connectivity index (χ1) is 4.06. The molecule has 0 aromatic heterocycles. The fraction of sp³-hybridized carbons (Fsp3) is 0.800. The standard InChI is InChI=1S/C5H10O4/c6-4-2-1-3-5(7,8)9/h4,7-9H,1-3H2. The number of aliphatic hydroxyl groups is 3. The third-order valence-electron chi connectivity index (χ3n) is 0.834. The summed E-state index contributed by atoms with van der Waals surface area (Å²) in [6.07, 6.45) is 0.994. The van der Waals surface area contributed by atoms with Gasteiger partial charge in [0.15, 0.2) is 0 Å². The molecule has 0 aromatic carbocycles. The average molecular weight is 134 g/mol. The van der Waals surface area contributed by atoms with Crippen molar-refractivity contribution in [3.05, 3.63) is 0 Å². The highest BCUT2D eigenvalue weighted by Gasteiger charge is 2.15. The van der Waals surface area contributed by atoms with E-state index in [2.05, 4.69) is 0 Å². The molecule has 0 fully saturated rings. The van der Waals surface area contributed by atoms with Gasteiger partial charge in [0.2, 0.25) is 0 Å². The number of carbonyl (C=O) groups excluding carboxylic acids is 1. The van der Waals surface area contributed by atoms with E-state index in [-0.39, 0.29) is 19.3 Å². The van der Waals surface area contributed by atoms with E-state index in [9.17, 15) is 4.79 Å². The zero-order chi connectivity index (χ0) is 7.33. The molecule has 0 bridgehead atoms. The smallest absolute Gasteiger partial charge is 0.275 e. The fourth-order valence-corrected chi connectivity index (χ4v) is 0.423. The van der Waals surface area contributed by atoms with E-state index in [1.54, 1.807) is 0 Å². The van der Waals surface area contributed by atoms with Crippen LogP contribution in [0.15, 0.2) is 0 Å². The predicted molar refractivity (Wildman–Crippen MR) is 29.3 cm³/mol. The molecule has 0 rings (SSSR count). The van der Waals surface area contributed by atoms with Crippen molar-refractivity contribution in [1.82, 2.24) is 0 Å². The minimum Gasteiger partial charge on any atom is -0.344 e. The molecule has 0 unspecified atom stereocenters. The Bertz CT molecular complexity index is 83.4. The van der Waals surface area contributed by atoms with Crippen LogP contribution >= 0.6 is 0 Å². The molecule has 0 spiro atoms. The first-order valence-corrected chi connectivity index (χ1v) is 2.67. The van der Waals surface area contributed by atoms with Crippen LogP contribution in [-0.2, 0) is 4.79 Å². The molecule has 0 aliphatic heterocycles. The molecule has 54 valence electrons. The van der Waals surface area contributed by atoms with Crippen molar-refractivity contribution < 1.29 is 20.1 Å². The number of hydrogen-bond donors (Lipinski definition) is 3. The zero-order valence-electron chi connectivity index (χ0n) is 4.95. The Morgan fingerprint density at radius 3 is 2.22 bits per heavy atom. The second-order valence-corrected chi connectivity index (χ2v) is 1.83. The topological polar surface area (TPSA) is 77.8 Å². The molecule has 0 saturated heterocycles. The van der Waals surface area contributed by atoms with Crippen LogP contribution < -0.4 is 0 Å². The lowest BCUT2D eigenvalue weighted by molar-refractivity contribution is -0.314. The van der Waals surface area contributed by atoms with Gasteiger partial charge in [-0.1, -0.05) is 0 Å². The second kappa shape index (κ2) is 3.55. The van der Waals surface area contributed by atoms with Gasteiger partial charge in [0.1, 0.15) is 6.29 Å². The van der Waals surface area contributed by atoms with E-state index in [0.717, 1.165) is 0 Å². The summed E-state index contributed by atoms with van der Waals surface area (Å²) in [5, 5.41) is 24.7. The summed E-state index contributed by atoms with van der Waals surface area (Å²) >= 11 is 0. The molecule has 0 aromatic rings. The molecule has 0 aliphatic carbocycles. The monoisotopic (exact) mass is 134 g/mol. The van der Waals surface area contributed by atoms with Gasteiger partial charge in [0.25, 0.3) is 5.97 Å². The quantitative estimate of drug-likeness (QED) is 0.261. The molecule has 0 atom stereocenters. The SMILES string of the molecule is O=CCCCC(O)(O)O.